The van der Waals surface area contributed by atoms with Crippen LogP contribution in [-0.2, 0) is 16.0 Å². The highest BCUT2D eigenvalue weighted by molar-refractivity contribution is 7.09. The topological polar surface area (TPSA) is 39.2 Å². The zero-order chi connectivity index (χ0) is 10.7. The molecule has 1 fully saturated rings. The Morgan fingerprint density at radius 2 is 2.60 bits per heavy atom. The first-order valence-corrected chi connectivity index (χ1v) is 6.14. The van der Waals surface area contributed by atoms with Crippen LogP contribution < -0.4 is 0 Å². The smallest absolute Gasteiger partial charge is 0.143 e. The van der Waals surface area contributed by atoms with Crippen LogP contribution in [0, 0.1) is 11.8 Å². The first kappa shape index (κ1) is 10.8. The summed E-state index contributed by atoms with van der Waals surface area (Å²) in [5.74, 6) is 0.842. The van der Waals surface area contributed by atoms with Crippen LogP contribution in [0.15, 0.2) is 11.6 Å². The van der Waals surface area contributed by atoms with Gasteiger partial charge in [0.2, 0.25) is 0 Å². The van der Waals surface area contributed by atoms with Crippen LogP contribution in [0.4, 0.5) is 0 Å². The van der Waals surface area contributed by atoms with E-state index in [-0.39, 0.29) is 5.92 Å². The summed E-state index contributed by atoms with van der Waals surface area (Å²) < 4.78 is 5.33. The summed E-state index contributed by atoms with van der Waals surface area (Å²) in [6, 6.07) is 0. The lowest BCUT2D eigenvalue weighted by atomic mass is 9.85. The number of hydrogen-bond donors (Lipinski definition) is 0. The molecule has 82 valence electrons. The molecule has 0 saturated carbocycles. The molecule has 0 aliphatic carbocycles. The minimum absolute atomic E-state index is 0.169. The van der Waals surface area contributed by atoms with Gasteiger partial charge >= 0.3 is 0 Å². The third-order valence-corrected chi connectivity index (χ3v) is 3.64. The van der Waals surface area contributed by atoms with Gasteiger partial charge in [-0.3, -0.25) is 4.79 Å². The maximum absolute atomic E-state index is 12.0. The number of hydrogen-bond acceptors (Lipinski definition) is 4. The van der Waals surface area contributed by atoms with Crippen LogP contribution in [0.5, 0.6) is 0 Å². The first-order chi connectivity index (χ1) is 7.27. The van der Waals surface area contributed by atoms with Crippen LogP contribution in [-0.4, -0.2) is 24.0 Å². The molecule has 2 heterocycles. The van der Waals surface area contributed by atoms with Gasteiger partial charge < -0.3 is 4.74 Å². The van der Waals surface area contributed by atoms with Gasteiger partial charge in [0.05, 0.1) is 11.4 Å². The minimum Gasteiger partial charge on any atom is -0.381 e. The average Bonchev–Trinajstić information content (AvgIpc) is 2.71. The number of carbonyl (C=O) groups excluding carboxylic acids is 1. The highest BCUT2D eigenvalue weighted by Gasteiger charge is 2.28. The number of Topliss-reactive ketones (excluding diaryl/α,β-unsaturated/α-hetero) is 1. The summed E-state index contributed by atoms with van der Waals surface area (Å²) >= 11 is 1.55. The summed E-state index contributed by atoms with van der Waals surface area (Å²) in [6.07, 6.45) is 3.11. The van der Waals surface area contributed by atoms with Gasteiger partial charge in [-0.05, 0) is 12.3 Å². The van der Waals surface area contributed by atoms with E-state index in [0.29, 0.717) is 24.7 Å². The molecule has 0 amide bonds. The molecule has 0 radical (unpaired) electrons. The van der Waals surface area contributed by atoms with Crippen LogP contribution in [0.25, 0.3) is 0 Å². The quantitative estimate of drug-likeness (QED) is 0.789. The second kappa shape index (κ2) is 4.86. The van der Waals surface area contributed by atoms with Crippen molar-refractivity contribution in [3.63, 3.8) is 0 Å². The predicted molar refractivity (Wildman–Crippen MR) is 58.9 cm³/mol. The molecule has 1 saturated heterocycles. The summed E-state index contributed by atoms with van der Waals surface area (Å²) in [5, 5.41) is 2.84. The Hall–Kier alpha value is -0.740. The Kier molecular flexibility index (Phi) is 3.49. The van der Waals surface area contributed by atoms with E-state index in [2.05, 4.69) is 11.9 Å². The van der Waals surface area contributed by atoms with Crippen LogP contribution in [0.1, 0.15) is 18.4 Å². The van der Waals surface area contributed by atoms with E-state index >= 15 is 0 Å². The third-order valence-electron chi connectivity index (χ3n) is 2.86. The van der Waals surface area contributed by atoms with E-state index in [0.717, 1.165) is 18.0 Å². The van der Waals surface area contributed by atoms with Crippen molar-refractivity contribution < 1.29 is 9.53 Å². The van der Waals surface area contributed by atoms with E-state index in [1.54, 1.807) is 17.5 Å². The second-order valence-electron chi connectivity index (χ2n) is 4.02. The molecule has 0 N–H and O–H groups in total. The van der Waals surface area contributed by atoms with Gasteiger partial charge in [0.1, 0.15) is 5.78 Å². The Morgan fingerprint density at radius 3 is 3.27 bits per heavy atom. The fourth-order valence-corrected chi connectivity index (χ4v) is 2.61. The van der Waals surface area contributed by atoms with Crippen molar-refractivity contribution in [2.75, 3.05) is 13.2 Å². The fourth-order valence-electron chi connectivity index (χ4n) is 1.98. The highest BCUT2D eigenvalue weighted by Crippen LogP contribution is 2.23. The number of carbonyl (C=O) groups is 1. The van der Waals surface area contributed by atoms with Crippen molar-refractivity contribution >= 4 is 17.1 Å². The van der Waals surface area contributed by atoms with Crippen molar-refractivity contribution in [3.05, 3.63) is 16.6 Å². The molecule has 2 rings (SSSR count). The van der Waals surface area contributed by atoms with Crippen molar-refractivity contribution in [3.8, 4) is 0 Å². The van der Waals surface area contributed by atoms with Gasteiger partial charge in [-0.2, -0.15) is 0 Å². The van der Waals surface area contributed by atoms with Crippen molar-refractivity contribution in [2.24, 2.45) is 11.8 Å². The van der Waals surface area contributed by atoms with Crippen LogP contribution in [0.2, 0.25) is 0 Å². The number of aromatic nitrogens is 1. The van der Waals surface area contributed by atoms with Crippen molar-refractivity contribution in [2.45, 2.75) is 19.8 Å². The first-order valence-electron chi connectivity index (χ1n) is 5.26. The van der Waals surface area contributed by atoms with Crippen LogP contribution in [0.3, 0.4) is 0 Å². The number of nitrogens with zero attached hydrogens (tertiary/aromatic N) is 1. The third kappa shape index (κ3) is 2.63. The molecule has 4 heteroatoms. The van der Waals surface area contributed by atoms with E-state index in [1.807, 2.05) is 5.38 Å². The molecule has 2 unspecified atom stereocenters. The molecular weight excluding hydrogens is 210 g/mol. The van der Waals surface area contributed by atoms with E-state index < -0.39 is 0 Å². The summed E-state index contributed by atoms with van der Waals surface area (Å²) in [4.78, 5) is 16.1. The Labute approximate surface area is 93.5 Å². The molecule has 15 heavy (non-hydrogen) atoms. The van der Waals surface area contributed by atoms with Crippen molar-refractivity contribution in [1.29, 1.82) is 0 Å². The van der Waals surface area contributed by atoms with Gasteiger partial charge in [0.15, 0.2) is 0 Å². The van der Waals surface area contributed by atoms with Gasteiger partial charge in [-0.1, -0.05) is 6.92 Å². The van der Waals surface area contributed by atoms with E-state index in [4.69, 9.17) is 4.74 Å². The zero-order valence-corrected chi connectivity index (χ0v) is 9.63. The van der Waals surface area contributed by atoms with Crippen LogP contribution >= 0.6 is 11.3 Å². The number of ketones is 1. The molecule has 1 aromatic heterocycles. The van der Waals surface area contributed by atoms with Crippen molar-refractivity contribution in [1.82, 2.24) is 4.98 Å². The molecule has 3 nitrogen and oxygen atoms in total. The molecular formula is C11H15NO2S. The normalized spacial score (nSPS) is 26.5. The fraction of sp³-hybridized carbons (Fsp3) is 0.636. The van der Waals surface area contributed by atoms with Gasteiger partial charge in [-0.25, -0.2) is 4.98 Å². The second-order valence-corrected chi connectivity index (χ2v) is 5.00. The number of ether oxygens (including phenoxy) is 1. The summed E-state index contributed by atoms with van der Waals surface area (Å²) in [7, 11) is 0. The molecule has 0 spiro atoms. The molecule has 2 atom stereocenters. The maximum atomic E-state index is 12.0. The lowest BCUT2D eigenvalue weighted by Gasteiger charge is -2.27. The van der Waals surface area contributed by atoms with Gasteiger partial charge in [0, 0.05) is 30.7 Å². The Bertz CT molecular complexity index is 323. The number of rotatable bonds is 3. The summed E-state index contributed by atoms with van der Waals surface area (Å²) in [6.45, 7) is 3.52. The number of thiazole rings is 1. The largest absolute Gasteiger partial charge is 0.381 e. The minimum atomic E-state index is 0.169. The Morgan fingerprint density at radius 1 is 1.73 bits per heavy atom. The monoisotopic (exact) mass is 225 g/mol. The zero-order valence-electron chi connectivity index (χ0n) is 8.81. The predicted octanol–water partition coefficient (Wildman–Crippen LogP) is 1.93. The summed E-state index contributed by atoms with van der Waals surface area (Å²) in [5.41, 5.74) is 0. The lowest BCUT2D eigenvalue weighted by Crippen LogP contribution is -2.32. The highest BCUT2D eigenvalue weighted by atomic mass is 32.1. The van der Waals surface area contributed by atoms with E-state index in [1.165, 1.54) is 0 Å². The van der Waals surface area contributed by atoms with Gasteiger partial charge in [0.25, 0.3) is 0 Å². The molecule has 0 bridgehead atoms. The molecule has 1 aliphatic heterocycles. The van der Waals surface area contributed by atoms with E-state index in [9.17, 15) is 4.79 Å². The standard InChI is InChI=1S/C11H15NO2S/c1-8-7-14-4-2-9(8)10(13)6-11-12-3-5-15-11/h3,5,8-9H,2,4,6-7H2,1H3. The average molecular weight is 225 g/mol. The SMILES string of the molecule is CC1COCCC1C(=O)Cc1nccs1. The maximum Gasteiger partial charge on any atom is 0.143 e. The molecule has 1 aliphatic rings. The van der Waals surface area contributed by atoms with Gasteiger partial charge in [-0.15, -0.1) is 11.3 Å². The lowest BCUT2D eigenvalue weighted by molar-refractivity contribution is -0.127. The Balaban J connectivity index is 1.95. The molecule has 1 aromatic rings. The molecule has 0 aromatic carbocycles.